The molecule has 3 rings (SSSR count). The predicted molar refractivity (Wildman–Crippen MR) is 72.1 cm³/mol. The highest BCUT2D eigenvalue weighted by Crippen LogP contribution is 2.26. The van der Waals surface area contributed by atoms with Crippen molar-refractivity contribution in [2.24, 2.45) is 0 Å². The van der Waals surface area contributed by atoms with Crippen LogP contribution in [0, 0.1) is 6.92 Å². The summed E-state index contributed by atoms with van der Waals surface area (Å²) in [6.45, 7) is 2.19. The van der Waals surface area contributed by atoms with Crippen LogP contribution in [0.3, 0.4) is 0 Å². The van der Waals surface area contributed by atoms with Crippen molar-refractivity contribution >= 4 is 21.5 Å². The van der Waals surface area contributed by atoms with Gasteiger partial charge in [-0.2, -0.15) is 0 Å². The Morgan fingerprint density at radius 1 is 0.882 bits per heavy atom. The van der Waals surface area contributed by atoms with Crippen molar-refractivity contribution in [1.82, 2.24) is 0 Å². The van der Waals surface area contributed by atoms with E-state index in [1.165, 1.54) is 27.1 Å². The second-order valence-corrected chi connectivity index (χ2v) is 4.49. The molecule has 17 heavy (non-hydrogen) atoms. The summed E-state index contributed by atoms with van der Waals surface area (Å²) in [5.41, 5.74) is 2.20. The molecule has 0 unspecified atom stereocenters. The van der Waals surface area contributed by atoms with Crippen molar-refractivity contribution in [3.8, 4) is 0 Å². The van der Waals surface area contributed by atoms with Gasteiger partial charge in [0.15, 0.2) is 0 Å². The molecule has 0 saturated heterocycles. The number of benzene rings is 3. The summed E-state index contributed by atoms with van der Waals surface area (Å²) in [5.74, 6) is 0. The lowest BCUT2D eigenvalue weighted by Gasteiger charge is -2.07. The molecule has 0 radical (unpaired) electrons. The first-order chi connectivity index (χ1) is 8.28. The Morgan fingerprint density at radius 3 is 2.29 bits per heavy atom. The van der Waals surface area contributed by atoms with Crippen molar-refractivity contribution in [2.45, 2.75) is 13.5 Å². The molecule has 1 heteroatoms. The maximum Gasteiger partial charge on any atom is 0.0682 e. The third kappa shape index (κ3) is 1.69. The normalized spacial score (nSPS) is 11.2. The Hall–Kier alpha value is -1.86. The van der Waals surface area contributed by atoms with E-state index in [0.717, 1.165) is 5.56 Å². The molecule has 0 fully saturated rings. The molecule has 0 bridgehead atoms. The van der Waals surface area contributed by atoms with Crippen LogP contribution < -0.4 is 0 Å². The van der Waals surface area contributed by atoms with Crippen LogP contribution >= 0.6 is 0 Å². The van der Waals surface area contributed by atoms with Crippen LogP contribution in [0.25, 0.3) is 21.5 Å². The third-order valence-electron chi connectivity index (χ3n) is 3.27. The second kappa shape index (κ2) is 3.86. The molecule has 84 valence electrons. The van der Waals surface area contributed by atoms with E-state index in [-0.39, 0.29) is 6.61 Å². The molecule has 0 aliphatic heterocycles. The van der Waals surface area contributed by atoms with Gasteiger partial charge in [-0.1, -0.05) is 30.3 Å². The van der Waals surface area contributed by atoms with E-state index in [0.29, 0.717) is 0 Å². The topological polar surface area (TPSA) is 20.2 Å². The van der Waals surface area contributed by atoms with Gasteiger partial charge in [0.1, 0.15) is 0 Å². The summed E-state index contributed by atoms with van der Waals surface area (Å²) in [6.07, 6.45) is 0. The molecule has 0 heterocycles. The molecule has 1 nitrogen and oxygen atoms in total. The molecule has 3 aromatic carbocycles. The standard InChI is InChI=1S/C16H14O/c1-11-6-12(10-17)7-15-8-13-4-2-3-5-14(13)9-16(11)15/h2-9,17H,10H2,1H3. The van der Waals surface area contributed by atoms with Crippen molar-refractivity contribution in [3.63, 3.8) is 0 Å². The van der Waals surface area contributed by atoms with Gasteiger partial charge in [0.2, 0.25) is 0 Å². The van der Waals surface area contributed by atoms with Gasteiger partial charge < -0.3 is 5.11 Å². The lowest BCUT2D eigenvalue weighted by atomic mass is 9.98. The van der Waals surface area contributed by atoms with Gasteiger partial charge in [-0.05, 0) is 57.8 Å². The fourth-order valence-electron chi connectivity index (χ4n) is 2.41. The molecule has 0 aliphatic rings. The van der Waals surface area contributed by atoms with Crippen LogP contribution in [0.4, 0.5) is 0 Å². The highest BCUT2D eigenvalue weighted by Gasteiger charge is 2.02. The molecule has 0 saturated carbocycles. The minimum Gasteiger partial charge on any atom is -0.392 e. The number of rotatable bonds is 1. The average molecular weight is 222 g/mol. The third-order valence-corrected chi connectivity index (χ3v) is 3.27. The number of fused-ring (bicyclic) bond motifs is 2. The van der Waals surface area contributed by atoms with E-state index in [1.54, 1.807) is 0 Å². The van der Waals surface area contributed by atoms with Crippen LogP contribution in [0.1, 0.15) is 11.1 Å². The van der Waals surface area contributed by atoms with Crippen LogP contribution in [-0.4, -0.2) is 5.11 Å². The molecular weight excluding hydrogens is 208 g/mol. The molecule has 0 aromatic heterocycles. The van der Waals surface area contributed by atoms with Gasteiger partial charge in [-0.25, -0.2) is 0 Å². The van der Waals surface area contributed by atoms with Gasteiger partial charge in [-0.3, -0.25) is 0 Å². The summed E-state index contributed by atoms with van der Waals surface area (Å²) in [4.78, 5) is 0. The summed E-state index contributed by atoms with van der Waals surface area (Å²) >= 11 is 0. The molecular formula is C16H14O. The summed E-state index contributed by atoms with van der Waals surface area (Å²) < 4.78 is 0. The molecule has 0 aliphatic carbocycles. The molecule has 0 amide bonds. The maximum absolute atomic E-state index is 9.23. The van der Waals surface area contributed by atoms with Gasteiger partial charge >= 0.3 is 0 Å². The number of aliphatic hydroxyl groups is 1. The number of hydrogen-bond donors (Lipinski definition) is 1. The van der Waals surface area contributed by atoms with E-state index in [9.17, 15) is 5.11 Å². The number of aliphatic hydroxyl groups excluding tert-OH is 1. The molecule has 0 spiro atoms. The van der Waals surface area contributed by atoms with E-state index >= 15 is 0 Å². The van der Waals surface area contributed by atoms with Gasteiger partial charge in [0.05, 0.1) is 6.61 Å². The summed E-state index contributed by atoms with van der Waals surface area (Å²) in [6, 6.07) is 16.9. The highest BCUT2D eigenvalue weighted by atomic mass is 16.3. The predicted octanol–water partition coefficient (Wildman–Crippen LogP) is 3.79. The first kappa shape index (κ1) is 10.3. The van der Waals surface area contributed by atoms with Gasteiger partial charge in [0.25, 0.3) is 0 Å². The van der Waals surface area contributed by atoms with E-state index in [4.69, 9.17) is 0 Å². The maximum atomic E-state index is 9.23. The van der Waals surface area contributed by atoms with E-state index in [2.05, 4.69) is 55.5 Å². The second-order valence-electron chi connectivity index (χ2n) is 4.49. The Labute approximate surface area is 100 Å². The zero-order valence-corrected chi connectivity index (χ0v) is 9.77. The van der Waals surface area contributed by atoms with Crippen LogP contribution in [0.5, 0.6) is 0 Å². The fourth-order valence-corrected chi connectivity index (χ4v) is 2.41. The van der Waals surface area contributed by atoms with Crippen molar-refractivity contribution in [2.75, 3.05) is 0 Å². The van der Waals surface area contributed by atoms with E-state index < -0.39 is 0 Å². The average Bonchev–Trinajstić information content (AvgIpc) is 2.36. The zero-order valence-electron chi connectivity index (χ0n) is 9.77. The number of aryl methyl sites for hydroxylation is 1. The van der Waals surface area contributed by atoms with Crippen LogP contribution in [-0.2, 0) is 6.61 Å². The van der Waals surface area contributed by atoms with Crippen LogP contribution in [0.15, 0.2) is 48.5 Å². The minimum atomic E-state index is 0.101. The largest absolute Gasteiger partial charge is 0.392 e. The van der Waals surface area contributed by atoms with Crippen LogP contribution in [0.2, 0.25) is 0 Å². The van der Waals surface area contributed by atoms with E-state index in [1.807, 2.05) is 0 Å². The smallest absolute Gasteiger partial charge is 0.0682 e. The Morgan fingerprint density at radius 2 is 1.59 bits per heavy atom. The summed E-state index contributed by atoms with van der Waals surface area (Å²) in [7, 11) is 0. The van der Waals surface area contributed by atoms with Crippen molar-refractivity contribution in [3.05, 3.63) is 59.7 Å². The quantitative estimate of drug-likeness (QED) is 0.621. The first-order valence-corrected chi connectivity index (χ1v) is 5.81. The van der Waals surface area contributed by atoms with Crippen molar-refractivity contribution in [1.29, 1.82) is 0 Å². The lowest BCUT2D eigenvalue weighted by Crippen LogP contribution is -1.87. The SMILES string of the molecule is Cc1cc(CO)cc2cc3ccccc3cc12. The lowest BCUT2D eigenvalue weighted by molar-refractivity contribution is 0.282. The zero-order chi connectivity index (χ0) is 11.8. The summed E-state index contributed by atoms with van der Waals surface area (Å²) in [5, 5.41) is 14.2. The Bertz CT molecular complexity index is 698. The van der Waals surface area contributed by atoms with Crippen molar-refractivity contribution < 1.29 is 5.11 Å². The Balaban J connectivity index is 2.43. The molecule has 0 atom stereocenters. The highest BCUT2D eigenvalue weighted by molar-refractivity contribution is 5.99. The van der Waals surface area contributed by atoms with Gasteiger partial charge in [0, 0.05) is 0 Å². The monoisotopic (exact) mass is 222 g/mol. The minimum absolute atomic E-state index is 0.101. The fraction of sp³-hybridized carbons (Fsp3) is 0.125. The Kier molecular flexibility index (Phi) is 2.34. The first-order valence-electron chi connectivity index (χ1n) is 5.81. The number of hydrogen-bond acceptors (Lipinski definition) is 1. The molecule has 1 N–H and O–H groups in total. The van der Waals surface area contributed by atoms with Gasteiger partial charge in [-0.15, -0.1) is 0 Å². The molecule has 3 aromatic rings.